The fourth-order valence-corrected chi connectivity index (χ4v) is 3.05. The molecule has 152 valence electrons. The van der Waals surface area contributed by atoms with Crippen LogP contribution in [0.2, 0.25) is 0 Å². The Labute approximate surface area is 172 Å². The molecule has 29 heavy (non-hydrogen) atoms. The molecule has 1 aliphatic rings. The first-order valence-electron chi connectivity index (χ1n) is 8.44. The minimum absolute atomic E-state index is 0.0713. The molecule has 2 aromatic rings. The van der Waals surface area contributed by atoms with Crippen LogP contribution >= 0.6 is 11.6 Å². The van der Waals surface area contributed by atoms with Gasteiger partial charge in [-0.1, -0.05) is 11.6 Å². The molecule has 0 aromatic heterocycles. The molecule has 0 unspecified atom stereocenters. The van der Waals surface area contributed by atoms with E-state index in [0.29, 0.717) is 28.7 Å². The van der Waals surface area contributed by atoms with Crippen LogP contribution in [0.5, 0.6) is 23.0 Å². The summed E-state index contributed by atoms with van der Waals surface area (Å²) in [5.74, 6) is 0.508. The Kier molecular flexibility index (Phi) is 5.84. The van der Waals surface area contributed by atoms with Gasteiger partial charge in [0, 0.05) is 12.1 Å². The second-order valence-corrected chi connectivity index (χ2v) is 6.24. The Hall–Kier alpha value is -3.39. The van der Waals surface area contributed by atoms with Crippen molar-refractivity contribution in [1.82, 2.24) is 0 Å². The number of methoxy groups -OCH3 is 4. The Morgan fingerprint density at radius 1 is 0.793 bits per heavy atom. The Balaban J connectivity index is 1.96. The molecule has 2 amide bonds. The van der Waals surface area contributed by atoms with Crippen molar-refractivity contribution < 1.29 is 28.5 Å². The highest BCUT2D eigenvalue weighted by Crippen LogP contribution is 2.39. The van der Waals surface area contributed by atoms with Crippen LogP contribution in [0, 0.1) is 0 Å². The van der Waals surface area contributed by atoms with E-state index in [2.05, 4.69) is 5.32 Å². The van der Waals surface area contributed by atoms with E-state index >= 15 is 0 Å². The quantitative estimate of drug-likeness (QED) is 0.691. The molecule has 8 nitrogen and oxygen atoms in total. The number of halogens is 1. The van der Waals surface area contributed by atoms with Crippen LogP contribution in [0.1, 0.15) is 0 Å². The minimum Gasteiger partial charge on any atom is -0.497 e. The van der Waals surface area contributed by atoms with Gasteiger partial charge >= 0.3 is 0 Å². The number of rotatable bonds is 7. The van der Waals surface area contributed by atoms with Gasteiger partial charge in [-0.05, 0) is 24.3 Å². The van der Waals surface area contributed by atoms with E-state index in [1.165, 1.54) is 28.4 Å². The molecule has 9 heteroatoms. The van der Waals surface area contributed by atoms with Crippen LogP contribution in [-0.4, -0.2) is 40.3 Å². The standard InChI is InChI=1S/C20H19ClN2O6/c1-26-11-5-7-13(15(9-11)28-3)22-18-17(21)19(24)23(20(18)25)14-8-6-12(27-2)10-16(14)29-4/h5-10,22H,1-4H3. The van der Waals surface area contributed by atoms with Crippen LogP contribution in [-0.2, 0) is 9.59 Å². The van der Waals surface area contributed by atoms with Crippen LogP contribution < -0.4 is 29.2 Å². The zero-order valence-corrected chi connectivity index (χ0v) is 17.0. The van der Waals surface area contributed by atoms with Gasteiger partial charge < -0.3 is 24.3 Å². The summed E-state index contributed by atoms with van der Waals surface area (Å²) in [6.07, 6.45) is 0. The summed E-state index contributed by atoms with van der Waals surface area (Å²) in [5.41, 5.74) is 0.629. The molecule has 0 fully saturated rings. The average molecular weight is 419 g/mol. The van der Waals surface area contributed by atoms with E-state index in [1.54, 1.807) is 36.4 Å². The molecule has 0 bridgehead atoms. The van der Waals surface area contributed by atoms with Gasteiger partial charge in [-0.3, -0.25) is 9.59 Å². The highest BCUT2D eigenvalue weighted by atomic mass is 35.5. The highest BCUT2D eigenvalue weighted by molar-refractivity contribution is 6.53. The lowest BCUT2D eigenvalue weighted by Gasteiger charge is -2.19. The molecule has 1 aliphatic heterocycles. The van der Waals surface area contributed by atoms with Crippen molar-refractivity contribution in [2.24, 2.45) is 0 Å². The summed E-state index contributed by atoms with van der Waals surface area (Å²) in [5, 5.41) is 2.65. The molecule has 2 aromatic carbocycles. The normalized spacial score (nSPS) is 13.6. The number of carbonyl (C=O) groups is 2. The smallest absolute Gasteiger partial charge is 0.283 e. The third kappa shape index (κ3) is 3.66. The van der Waals surface area contributed by atoms with Crippen LogP contribution in [0.15, 0.2) is 47.1 Å². The van der Waals surface area contributed by atoms with Gasteiger partial charge in [0.2, 0.25) is 0 Å². The maximum atomic E-state index is 13.0. The fraction of sp³-hybridized carbons (Fsp3) is 0.200. The molecular formula is C20H19ClN2O6. The summed E-state index contributed by atoms with van der Waals surface area (Å²) in [4.78, 5) is 26.7. The fourth-order valence-electron chi connectivity index (χ4n) is 2.84. The number of anilines is 2. The van der Waals surface area contributed by atoms with Crippen molar-refractivity contribution in [3.05, 3.63) is 47.1 Å². The van der Waals surface area contributed by atoms with E-state index in [0.717, 1.165) is 4.90 Å². The third-order valence-corrected chi connectivity index (χ3v) is 4.67. The van der Waals surface area contributed by atoms with Gasteiger partial charge in [0.05, 0.1) is 39.8 Å². The summed E-state index contributed by atoms with van der Waals surface area (Å²) in [6.45, 7) is 0. The van der Waals surface area contributed by atoms with Crippen molar-refractivity contribution >= 4 is 34.8 Å². The van der Waals surface area contributed by atoms with Crippen molar-refractivity contribution in [3.8, 4) is 23.0 Å². The minimum atomic E-state index is -0.671. The Morgan fingerprint density at radius 2 is 1.38 bits per heavy atom. The van der Waals surface area contributed by atoms with E-state index < -0.39 is 11.8 Å². The SMILES string of the molecule is COc1ccc(NC2=C(Cl)C(=O)N(c3ccc(OC)cc3OC)C2=O)c(OC)c1. The van der Waals surface area contributed by atoms with E-state index in [4.69, 9.17) is 30.5 Å². The number of imide groups is 1. The molecule has 0 aliphatic carbocycles. The summed E-state index contributed by atoms with van der Waals surface area (Å²) < 4.78 is 20.9. The van der Waals surface area contributed by atoms with E-state index in [-0.39, 0.29) is 16.4 Å². The van der Waals surface area contributed by atoms with Gasteiger partial charge in [-0.25, -0.2) is 4.90 Å². The topological polar surface area (TPSA) is 86.3 Å². The number of nitrogens with one attached hydrogen (secondary N) is 1. The lowest BCUT2D eigenvalue weighted by molar-refractivity contribution is -0.120. The van der Waals surface area contributed by atoms with Gasteiger partial charge in [0.15, 0.2) is 0 Å². The van der Waals surface area contributed by atoms with Crippen molar-refractivity contribution in [3.63, 3.8) is 0 Å². The van der Waals surface area contributed by atoms with Crippen molar-refractivity contribution in [1.29, 1.82) is 0 Å². The maximum Gasteiger partial charge on any atom is 0.283 e. The van der Waals surface area contributed by atoms with E-state index in [9.17, 15) is 9.59 Å². The van der Waals surface area contributed by atoms with Crippen LogP contribution in [0.3, 0.4) is 0 Å². The predicted molar refractivity (Wildman–Crippen MR) is 108 cm³/mol. The zero-order chi connectivity index (χ0) is 21.1. The first-order chi connectivity index (χ1) is 13.9. The summed E-state index contributed by atoms with van der Waals surface area (Å²) in [6, 6.07) is 9.72. The largest absolute Gasteiger partial charge is 0.497 e. The van der Waals surface area contributed by atoms with Crippen molar-refractivity contribution in [2.45, 2.75) is 0 Å². The molecule has 0 saturated heterocycles. The second-order valence-electron chi connectivity index (χ2n) is 5.86. The van der Waals surface area contributed by atoms with Crippen LogP contribution in [0.25, 0.3) is 0 Å². The molecule has 0 atom stereocenters. The number of hydrogen-bond acceptors (Lipinski definition) is 7. The van der Waals surface area contributed by atoms with Gasteiger partial charge in [0.1, 0.15) is 33.7 Å². The highest BCUT2D eigenvalue weighted by Gasteiger charge is 2.40. The number of benzene rings is 2. The molecule has 0 spiro atoms. The average Bonchev–Trinajstić information content (AvgIpc) is 2.96. The van der Waals surface area contributed by atoms with Gasteiger partial charge in [-0.15, -0.1) is 0 Å². The maximum absolute atomic E-state index is 13.0. The Morgan fingerprint density at radius 3 is 1.97 bits per heavy atom. The zero-order valence-electron chi connectivity index (χ0n) is 16.2. The van der Waals surface area contributed by atoms with Gasteiger partial charge in [-0.2, -0.15) is 0 Å². The van der Waals surface area contributed by atoms with E-state index in [1.807, 2.05) is 0 Å². The molecule has 1 heterocycles. The molecular weight excluding hydrogens is 400 g/mol. The molecule has 3 rings (SSSR count). The monoisotopic (exact) mass is 418 g/mol. The summed E-state index contributed by atoms with van der Waals surface area (Å²) in [7, 11) is 5.94. The van der Waals surface area contributed by atoms with Gasteiger partial charge in [0.25, 0.3) is 11.8 Å². The van der Waals surface area contributed by atoms with Crippen molar-refractivity contribution in [2.75, 3.05) is 38.7 Å². The second kappa shape index (κ2) is 8.32. The third-order valence-electron chi connectivity index (χ3n) is 4.32. The number of hydrogen-bond donors (Lipinski definition) is 1. The number of ether oxygens (including phenoxy) is 4. The van der Waals surface area contributed by atoms with Crippen LogP contribution in [0.4, 0.5) is 11.4 Å². The first-order valence-corrected chi connectivity index (χ1v) is 8.82. The predicted octanol–water partition coefficient (Wildman–Crippen LogP) is 3.16. The Bertz CT molecular complexity index is 1000. The molecule has 0 radical (unpaired) electrons. The number of amides is 2. The lowest BCUT2D eigenvalue weighted by atomic mass is 10.2. The molecule has 0 saturated carbocycles. The molecule has 1 N–H and O–H groups in total. The number of carbonyl (C=O) groups excluding carboxylic acids is 2. The number of nitrogens with zero attached hydrogens (tertiary/aromatic N) is 1. The lowest BCUT2D eigenvalue weighted by Crippen LogP contribution is -2.32. The first kappa shape index (κ1) is 20.3. The summed E-state index contributed by atoms with van der Waals surface area (Å²) >= 11 is 6.20.